The van der Waals surface area contributed by atoms with Crippen LogP contribution in [0.2, 0.25) is 0 Å². The van der Waals surface area contributed by atoms with Gasteiger partial charge in [0.1, 0.15) is 5.78 Å². The first-order valence-electron chi connectivity index (χ1n) is 7.08. The summed E-state index contributed by atoms with van der Waals surface area (Å²) in [5, 5.41) is 0. The highest BCUT2D eigenvalue weighted by molar-refractivity contribution is 7.98. The summed E-state index contributed by atoms with van der Waals surface area (Å²) in [5.74, 6) is 2.18. The summed E-state index contributed by atoms with van der Waals surface area (Å²) in [6, 6.07) is 0.584. The quantitative estimate of drug-likeness (QED) is 0.705. The largest absolute Gasteiger partial charge is 0.300 e. The molecule has 0 aromatic carbocycles. The summed E-state index contributed by atoms with van der Waals surface area (Å²) >= 11 is 1.93. The Balaban J connectivity index is 1.89. The van der Waals surface area contributed by atoms with Crippen LogP contribution < -0.4 is 0 Å². The Morgan fingerprint density at radius 3 is 2.88 bits per heavy atom. The number of hydrogen-bond donors (Lipinski definition) is 0. The second kappa shape index (κ2) is 6.79. The van der Waals surface area contributed by atoms with Gasteiger partial charge in [-0.25, -0.2) is 0 Å². The predicted molar refractivity (Wildman–Crippen MR) is 74.6 cm³/mol. The molecule has 0 bridgehead atoms. The van der Waals surface area contributed by atoms with E-state index in [-0.39, 0.29) is 0 Å². The molecule has 3 heteroatoms. The van der Waals surface area contributed by atoms with Gasteiger partial charge in [-0.2, -0.15) is 11.8 Å². The lowest BCUT2D eigenvalue weighted by Gasteiger charge is -2.38. The molecule has 0 radical (unpaired) electrons. The fourth-order valence-electron chi connectivity index (χ4n) is 3.41. The Bertz CT molecular complexity index is 257. The molecular weight excluding hydrogens is 230 g/mol. The Hall–Kier alpha value is -0.0200. The van der Waals surface area contributed by atoms with Crippen LogP contribution in [-0.4, -0.2) is 41.8 Å². The lowest BCUT2D eigenvalue weighted by Crippen LogP contribution is -2.45. The first-order valence-corrected chi connectivity index (χ1v) is 8.48. The van der Waals surface area contributed by atoms with Crippen molar-refractivity contribution in [3.05, 3.63) is 0 Å². The molecule has 0 aromatic rings. The van der Waals surface area contributed by atoms with Gasteiger partial charge in [0.25, 0.3) is 0 Å². The number of hydrogen-bond acceptors (Lipinski definition) is 3. The Labute approximate surface area is 110 Å². The number of carbonyl (C=O) groups excluding carboxylic acids is 1. The number of carbonyl (C=O) groups is 1. The SMILES string of the molecule is CSCCCN1CCCCC1C1CCCC1=O. The molecule has 2 aliphatic rings. The third kappa shape index (κ3) is 3.47. The van der Waals surface area contributed by atoms with E-state index in [1.807, 2.05) is 11.8 Å². The fourth-order valence-corrected chi connectivity index (χ4v) is 3.83. The molecule has 1 heterocycles. The average Bonchev–Trinajstić information content (AvgIpc) is 2.76. The van der Waals surface area contributed by atoms with E-state index in [0.29, 0.717) is 17.7 Å². The van der Waals surface area contributed by atoms with E-state index in [4.69, 9.17) is 0 Å². The van der Waals surface area contributed by atoms with Crippen LogP contribution >= 0.6 is 11.8 Å². The van der Waals surface area contributed by atoms with Gasteiger partial charge in [-0.1, -0.05) is 6.42 Å². The minimum atomic E-state index is 0.379. The predicted octanol–water partition coefficient (Wildman–Crippen LogP) is 2.96. The topological polar surface area (TPSA) is 20.3 Å². The van der Waals surface area contributed by atoms with Crippen LogP contribution in [0.3, 0.4) is 0 Å². The third-order valence-electron chi connectivity index (χ3n) is 4.27. The minimum Gasteiger partial charge on any atom is -0.300 e. The Morgan fingerprint density at radius 1 is 1.29 bits per heavy atom. The van der Waals surface area contributed by atoms with Gasteiger partial charge in [0.15, 0.2) is 0 Å². The van der Waals surface area contributed by atoms with Crippen molar-refractivity contribution in [2.75, 3.05) is 25.1 Å². The normalized spacial score (nSPS) is 31.0. The van der Waals surface area contributed by atoms with Crippen LogP contribution in [0.5, 0.6) is 0 Å². The lowest BCUT2D eigenvalue weighted by atomic mass is 9.88. The highest BCUT2D eigenvalue weighted by atomic mass is 32.2. The van der Waals surface area contributed by atoms with E-state index in [2.05, 4.69) is 11.2 Å². The van der Waals surface area contributed by atoms with Crippen LogP contribution in [0.4, 0.5) is 0 Å². The molecule has 0 spiro atoms. The molecule has 98 valence electrons. The molecule has 2 rings (SSSR count). The smallest absolute Gasteiger partial charge is 0.137 e. The zero-order valence-corrected chi connectivity index (χ0v) is 11.8. The van der Waals surface area contributed by atoms with E-state index < -0.39 is 0 Å². The van der Waals surface area contributed by atoms with E-state index >= 15 is 0 Å². The van der Waals surface area contributed by atoms with Crippen molar-refractivity contribution in [3.8, 4) is 0 Å². The molecule has 0 aromatic heterocycles. The van der Waals surface area contributed by atoms with Crippen molar-refractivity contribution in [2.24, 2.45) is 5.92 Å². The van der Waals surface area contributed by atoms with Gasteiger partial charge in [-0.05, 0) is 57.2 Å². The second-order valence-corrected chi connectivity index (χ2v) is 6.40. The zero-order valence-electron chi connectivity index (χ0n) is 11.0. The van der Waals surface area contributed by atoms with Gasteiger partial charge in [-0.15, -0.1) is 0 Å². The summed E-state index contributed by atoms with van der Waals surface area (Å²) in [4.78, 5) is 14.5. The minimum absolute atomic E-state index is 0.379. The molecule has 1 saturated heterocycles. The summed E-state index contributed by atoms with van der Waals surface area (Å²) in [6.07, 6.45) is 10.5. The zero-order chi connectivity index (χ0) is 12.1. The highest BCUT2D eigenvalue weighted by Gasteiger charge is 2.36. The number of piperidine rings is 1. The van der Waals surface area contributed by atoms with Crippen molar-refractivity contribution >= 4 is 17.5 Å². The van der Waals surface area contributed by atoms with E-state index in [1.165, 1.54) is 44.5 Å². The van der Waals surface area contributed by atoms with Gasteiger partial charge < -0.3 is 0 Å². The van der Waals surface area contributed by atoms with Gasteiger partial charge in [0.05, 0.1) is 0 Å². The maximum absolute atomic E-state index is 11.9. The van der Waals surface area contributed by atoms with Crippen LogP contribution in [0.15, 0.2) is 0 Å². The number of rotatable bonds is 5. The van der Waals surface area contributed by atoms with Crippen molar-refractivity contribution in [2.45, 2.75) is 51.0 Å². The van der Waals surface area contributed by atoms with Crippen LogP contribution in [0.25, 0.3) is 0 Å². The second-order valence-electron chi connectivity index (χ2n) is 5.41. The molecule has 1 aliphatic heterocycles. The average molecular weight is 255 g/mol. The first kappa shape index (κ1) is 13.4. The standard InChI is InChI=1S/C14H25NOS/c1-17-11-5-10-15-9-3-2-7-13(15)12-6-4-8-14(12)16/h12-13H,2-11H2,1H3. The maximum Gasteiger partial charge on any atom is 0.137 e. The first-order chi connectivity index (χ1) is 8.33. The molecule has 2 fully saturated rings. The number of Topliss-reactive ketones (excluding diaryl/α,β-unsaturated/α-hetero) is 1. The maximum atomic E-state index is 11.9. The number of nitrogens with zero attached hydrogens (tertiary/aromatic N) is 1. The van der Waals surface area contributed by atoms with Crippen molar-refractivity contribution < 1.29 is 4.79 Å². The van der Waals surface area contributed by atoms with E-state index in [9.17, 15) is 4.79 Å². The molecule has 2 unspecified atom stereocenters. The molecule has 1 aliphatic carbocycles. The van der Waals surface area contributed by atoms with Crippen molar-refractivity contribution in [3.63, 3.8) is 0 Å². The Morgan fingerprint density at radius 2 is 2.18 bits per heavy atom. The molecule has 2 atom stereocenters. The summed E-state index contributed by atoms with van der Waals surface area (Å²) < 4.78 is 0. The lowest BCUT2D eigenvalue weighted by molar-refractivity contribution is -0.123. The van der Waals surface area contributed by atoms with Gasteiger partial charge in [0.2, 0.25) is 0 Å². The summed E-state index contributed by atoms with van der Waals surface area (Å²) in [5.41, 5.74) is 0. The van der Waals surface area contributed by atoms with E-state index in [1.54, 1.807) is 0 Å². The van der Waals surface area contributed by atoms with Crippen LogP contribution in [0.1, 0.15) is 44.9 Å². The number of likely N-dealkylation sites (tertiary alicyclic amines) is 1. The number of ketones is 1. The molecule has 0 amide bonds. The van der Waals surface area contributed by atoms with Crippen LogP contribution in [-0.2, 0) is 4.79 Å². The monoisotopic (exact) mass is 255 g/mol. The summed E-state index contributed by atoms with van der Waals surface area (Å²) in [7, 11) is 0. The molecule has 0 N–H and O–H groups in total. The van der Waals surface area contributed by atoms with Crippen LogP contribution in [0, 0.1) is 5.92 Å². The van der Waals surface area contributed by atoms with Gasteiger partial charge in [0, 0.05) is 18.4 Å². The summed E-state index contributed by atoms with van der Waals surface area (Å²) in [6.45, 7) is 2.43. The van der Waals surface area contributed by atoms with Gasteiger partial charge >= 0.3 is 0 Å². The highest BCUT2D eigenvalue weighted by Crippen LogP contribution is 2.32. The van der Waals surface area contributed by atoms with Crippen molar-refractivity contribution in [1.82, 2.24) is 4.90 Å². The molecule has 1 saturated carbocycles. The Kier molecular flexibility index (Phi) is 5.36. The molecular formula is C14H25NOS. The van der Waals surface area contributed by atoms with E-state index in [0.717, 1.165) is 19.3 Å². The number of thioether (sulfide) groups is 1. The van der Waals surface area contributed by atoms with Crippen molar-refractivity contribution in [1.29, 1.82) is 0 Å². The fraction of sp³-hybridized carbons (Fsp3) is 0.929. The molecule has 17 heavy (non-hydrogen) atoms. The molecule has 2 nitrogen and oxygen atoms in total. The third-order valence-corrected chi connectivity index (χ3v) is 4.97. The van der Waals surface area contributed by atoms with Gasteiger partial charge in [-0.3, -0.25) is 9.69 Å².